The molecule has 0 unspecified atom stereocenters. The molecule has 0 bridgehead atoms. The molecule has 0 amide bonds. The van der Waals surface area contributed by atoms with Crippen LogP contribution in [0.4, 0.5) is 0 Å². The average Bonchev–Trinajstić information content (AvgIpc) is 1.61. The predicted octanol–water partition coefficient (Wildman–Crippen LogP) is 1.38. The molecular weight excluding hydrogens is 143 g/mol. The Balaban J connectivity index is -0.000000125. The normalized spacial score (nSPS) is 5.50. The standard InChI is InChI=1S/C6H9.Cu.Li/c1-3-5-6-4-2;;/h3,5-6H2,1H3;;/q-1;+1;. The van der Waals surface area contributed by atoms with E-state index < -0.39 is 0 Å². The molecule has 0 fully saturated rings. The molecule has 0 rings (SSSR count). The second-order valence-corrected chi connectivity index (χ2v) is 1.28. The van der Waals surface area contributed by atoms with E-state index in [1.807, 2.05) is 0 Å². The van der Waals surface area contributed by atoms with Gasteiger partial charge in [0, 0.05) is 18.9 Å². The van der Waals surface area contributed by atoms with Crippen molar-refractivity contribution >= 4 is 18.9 Å². The van der Waals surface area contributed by atoms with Crippen molar-refractivity contribution < 1.29 is 17.1 Å². The van der Waals surface area contributed by atoms with Crippen LogP contribution in [0, 0.1) is 12.3 Å². The quantitative estimate of drug-likeness (QED) is 0.242. The van der Waals surface area contributed by atoms with Crippen molar-refractivity contribution in [2.24, 2.45) is 0 Å². The van der Waals surface area contributed by atoms with Crippen LogP contribution in [0.15, 0.2) is 0 Å². The van der Waals surface area contributed by atoms with Gasteiger partial charge in [-0.3, -0.25) is 0 Å². The third kappa shape index (κ3) is 15.9. The smallest absolute Gasteiger partial charge is 0.694 e. The second kappa shape index (κ2) is 15.6. The van der Waals surface area contributed by atoms with Crippen molar-refractivity contribution in [1.82, 2.24) is 0 Å². The molecule has 8 heavy (non-hydrogen) atoms. The van der Waals surface area contributed by atoms with Gasteiger partial charge in [-0.2, -0.15) is 0 Å². The first-order valence-corrected chi connectivity index (χ1v) is 2.31. The topological polar surface area (TPSA) is 0 Å². The van der Waals surface area contributed by atoms with E-state index in [1.54, 1.807) is 0 Å². The molecule has 0 aromatic rings. The van der Waals surface area contributed by atoms with Gasteiger partial charge in [-0.05, 0) is 12.8 Å². The van der Waals surface area contributed by atoms with Crippen molar-refractivity contribution in [3.05, 3.63) is 6.42 Å². The molecule has 0 aliphatic carbocycles. The number of rotatable bonds is 2. The summed E-state index contributed by atoms with van der Waals surface area (Å²) in [5.41, 5.74) is 0. The van der Waals surface area contributed by atoms with Crippen LogP contribution in [0.1, 0.15) is 26.2 Å². The molecule has 0 saturated carbocycles. The van der Waals surface area contributed by atoms with E-state index in [0.717, 1.165) is 12.8 Å². The summed E-state index contributed by atoms with van der Waals surface area (Å²) in [6.45, 7) is 2.11. The Labute approximate surface area is 74.5 Å². The maximum absolute atomic E-state index is 6.46. The van der Waals surface area contributed by atoms with Gasteiger partial charge in [0.1, 0.15) is 0 Å². The Bertz CT molecular complexity index is 56.0. The summed E-state index contributed by atoms with van der Waals surface area (Å²) in [5.74, 6) is 2.32. The van der Waals surface area contributed by atoms with Gasteiger partial charge in [0.2, 0.25) is 0 Å². The van der Waals surface area contributed by atoms with E-state index in [4.69, 9.17) is 6.42 Å². The van der Waals surface area contributed by atoms with E-state index in [0.29, 0.717) is 0 Å². The fourth-order valence-electron chi connectivity index (χ4n) is 0.265. The van der Waals surface area contributed by atoms with Crippen LogP contribution in [0.25, 0.3) is 0 Å². The van der Waals surface area contributed by atoms with Gasteiger partial charge in [-0.25, -0.2) is 0 Å². The summed E-state index contributed by atoms with van der Waals surface area (Å²) >= 11 is 0. The van der Waals surface area contributed by atoms with Crippen LogP contribution in [-0.4, -0.2) is 18.9 Å². The molecule has 0 aromatic heterocycles. The van der Waals surface area contributed by atoms with Crippen molar-refractivity contribution in [2.75, 3.05) is 0 Å². The summed E-state index contributed by atoms with van der Waals surface area (Å²) in [6.07, 6.45) is 9.57. The molecule has 0 aromatic carbocycles. The zero-order valence-electron chi connectivity index (χ0n) is 5.42. The van der Waals surface area contributed by atoms with E-state index in [9.17, 15) is 0 Å². The molecule has 0 saturated heterocycles. The largest absolute Gasteiger partial charge is 1.00 e. The molecule has 0 aliphatic heterocycles. The van der Waals surface area contributed by atoms with Crippen molar-refractivity contribution in [3.63, 3.8) is 0 Å². The summed E-state index contributed by atoms with van der Waals surface area (Å²) in [4.78, 5) is 0. The fraction of sp³-hybridized carbons (Fsp3) is 0.667. The molecular formula is C6H9CuLi. The van der Waals surface area contributed by atoms with Crippen molar-refractivity contribution in [3.8, 4) is 5.92 Å². The summed E-state index contributed by atoms with van der Waals surface area (Å²) in [5, 5.41) is 0. The first kappa shape index (κ1) is 15.9. The van der Waals surface area contributed by atoms with Crippen molar-refractivity contribution in [1.29, 1.82) is 0 Å². The Kier molecular flexibility index (Phi) is 31.0. The van der Waals surface area contributed by atoms with E-state index in [2.05, 4.69) is 12.8 Å². The number of unbranched alkanes of at least 4 members (excludes halogenated alkanes) is 2. The number of hydrogen-bond donors (Lipinski definition) is 0. The first-order valence-electron chi connectivity index (χ1n) is 2.31. The van der Waals surface area contributed by atoms with Crippen LogP contribution in [0.5, 0.6) is 0 Å². The van der Waals surface area contributed by atoms with Crippen LogP contribution >= 0.6 is 0 Å². The minimum absolute atomic E-state index is 0. The van der Waals surface area contributed by atoms with Crippen LogP contribution in [-0.2, 0) is 17.1 Å². The summed E-state index contributed by atoms with van der Waals surface area (Å²) in [6, 6.07) is 0. The van der Waals surface area contributed by atoms with Gasteiger partial charge in [0.05, 0.1) is 0 Å². The molecule has 2 heteroatoms. The van der Waals surface area contributed by atoms with Crippen LogP contribution < -0.4 is 0 Å². The van der Waals surface area contributed by atoms with Crippen LogP contribution in [0.3, 0.4) is 0 Å². The molecule has 1 radical (unpaired) electrons. The van der Waals surface area contributed by atoms with E-state index in [1.165, 1.54) is 6.42 Å². The SMILES string of the molecule is [C-]#CCCCC.[Cu+].[Li]. The summed E-state index contributed by atoms with van der Waals surface area (Å²) < 4.78 is 0. The third-order valence-corrected chi connectivity index (χ3v) is 0.655. The third-order valence-electron chi connectivity index (χ3n) is 0.655. The van der Waals surface area contributed by atoms with Gasteiger partial charge in [-0.15, -0.1) is 0 Å². The van der Waals surface area contributed by atoms with Gasteiger partial charge in [-0.1, -0.05) is 13.3 Å². The van der Waals surface area contributed by atoms with Crippen molar-refractivity contribution in [2.45, 2.75) is 26.2 Å². The average molecular weight is 152 g/mol. The molecule has 0 aliphatic rings. The van der Waals surface area contributed by atoms with Gasteiger partial charge < -0.3 is 12.3 Å². The molecule has 0 spiro atoms. The molecule has 0 N–H and O–H groups in total. The molecule has 45 valence electrons. The molecule has 0 nitrogen and oxygen atoms in total. The maximum Gasteiger partial charge on any atom is 1.00 e. The summed E-state index contributed by atoms with van der Waals surface area (Å²) in [7, 11) is 0. The Morgan fingerprint density at radius 3 is 2.12 bits per heavy atom. The number of hydrogen-bond acceptors (Lipinski definition) is 0. The zero-order valence-corrected chi connectivity index (χ0v) is 6.36. The van der Waals surface area contributed by atoms with Gasteiger partial charge in [0.15, 0.2) is 0 Å². The predicted molar refractivity (Wildman–Crippen MR) is 32.4 cm³/mol. The second-order valence-electron chi connectivity index (χ2n) is 1.28. The molecule has 0 atom stereocenters. The zero-order chi connectivity index (χ0) is 4.83. The molecule has 0 heterocycles. The Morgan fingerprint density at radius 2 is 2.00 bits per heavy atom. The van der Waals surface area contributed by atoms with E-state index in [-0.39, 0.29) is 35.9 Å². The minimum Gasteiger partial charge on any atom is -0.694 e. The monoisotopic (exact) mass is 151 g/mol. The Morgan fingerprint density at radius 1 is 1.50 bits per heavy atom. The van der Waals surface area contributed by atoms with Crippen LogP contribution in [0.2, 0.25) is 0 Å². The van der Waals surface area contributed by atoms with Gasteiger partial charge >= 0.3 is 17.1 Å². The first-order chi connectivity index (χ1) is 2.91. The fourth-order valence-corrected chi connectivity index (χ4v) is 0.265. The minimum atomic E-state index is 0. The van der Waals surface area contributed by atoms with E-state index >= 15 is 0 Å². The van der Waals surface area contributed by atoms with Gasteiger partial charge in [0.25, 0.3) is 0 Å². The maximum atomic E-state index is 6.46. The Hall–Kier alpha value is 0.677.